The van der Waals surface area contributed by atoms with E-state index in [0.29, 0.717) is 18.9 Å². The van der Waals surface area contributed by atoms with Crippen LogP contribution in [0.4, 0.5) is 0 Å². The number of hydrogen-bond acceptors (Lipinski definition) is 3. The van der Waals surface area contributed by atoms with E-state index in [1.54, 1.807) is 11.3 Å². The van der Waals surface area contributed by atoms with Crippen molar-refractivity contribution in [1.29, 1.82) is 0 Å². The predicted octanol–water partition coefficient (Wildman–Crippen LogP) is 2.53. The van der Waals surface area contributed by atoms with Crippen LogP contribution in [-0.2, 0) is 9.59 Å². The molecule has 0 spiro atoms. The number of aryl methyl sites for hydroxylation is 1. The lowest BCUT2D eigenvalue weighted by Gasteiger charge is -2.04. The third kappa shape index (κ3) is 3.80. The maximum Gasteiger partial charge on any atom is 0.303 e. The lowest BCUT2D eigenvalue weighted by Crippen LogP contribution is -2.26. The summed E-state index contributed by atoms with van der Waals surface area (Å²) >= 11 is 1.73. The van der Waals surface area contributed by atoms with Gasteiger partial charge in [-0.1, -0.05) is 0 Å². The van der Waals surface area contributed by atoms with E-state index in [1.165, 1.54) is 10.4 Å². The molecule has 0 aromatic carbocycles. The number of thiophene rings is 1. The number of carbonyl (C=O) groups is 2. The number of hydrogen-bond donors (Lipinski definition) is 2. The van der Waals surface area contributed by atoms with Crippen LogP contribution in [0.5, 0.6) is 0 Å². The first-order valence-corrected chi connectivity index (χ1v) is 7.51. The second-order valence-electron chi connectivity index (χ2n) is 5.06. The van der Waals surface area contributed by atoms with Crippen molar-refractivity contribution in [2.45, 2.75) is 38.5 Å². The SMILES string of the molecule is Cc1ccsc1[C@@H]1C[C@H]1C(=O)NCCCCC(=O)O. The Morgan fingerprint density at radius 2 is 2.26 bits per heavy atom. The molecule has 1 aliphatic rings. The summed E-state index contributed by atoms with van der Waals surface area (Å²) < 4.78 is 0. The second-order valence-corrected chi connectivity index (χ2v) is 6.01. The third-order valence-corrected chi connectivity index (χ3v) is 4.63. The van der Waals surface area contributed by atoms with Crippen LogP contribution in [0.1, 0.15) is 42.0 Å². The van der Waals surface area contributed by atoms with Crippen molar-refractivity contribution >= 4 is 23.2 Å². The summed E-state index contributed by atoms with van der Waals surface area (Å²) in [7, 11) is 0. The number of rotatable bonds is 7. The number of nitrogens with one attached hydrogen (secondary N) is 1. The lowest BCUT2D eigenvalue weighted by atomic mass is 10.2. The van der Waals surface area contributed by atoms with E-state index in [1.807, 2.05) is 0 Å². The van der Waals surface area contributed by atoms with Gasteiger partial charge in [0.25, 0.3) is 0 Å². The van der Waals surface area contributed by atoms with E-state index in [0.717, 1.165) is 12.8 Å². The molecule has 0 saturated heterocycles. The lowest BCUT2D eigenvalue weighted by molar-refractivity contribution is -0.137. The molecule has 0 aliphatic heterocycles. The van der Waals surface area contributed by atoms with Crippen molar-refractivity contribution in [2.24, 2.45) is 5.92 Å². The summed E-state index contributed by atoms with van der Waals surface area (Å²) in [5, 5.41) is 13.5. The molecule has 2 atom stereocenters. The summed E-state index contributed by atoms with van der Waals surface area (Å²) in [6, 6.07) is 2.10. The Balaban J connectivity index is 1.66. The first-order valence-electron chi connectivity index (χ1n) is 6.63. The quantitative estimate of drug-likeness (QED) is 0.755. The zero-order valence-corrected chi connectivity index (χ0v) is 11.8. The van der Waals surface area contributed by atoms with E-state index in [2.05, 4.69) is 23.7 Å². The first-order chi connectivity index (χ1) is 9.09. The molecule has 1 saturated carbocycles. The Bertz CT molecular complexity index is 469. The van der Waals surface area contributed by atoms with Gasteiger partial charge in [-0.3, -0.25) is 9.59 Å². The highest BCUT2D eigenvalue weighted by atomic mass is 32.1. The molecule has 1 aliphatic carbocycles. The van der Waals surface area contributed by atoms with Crippen molar-refractivity contribution in [3.8, 4) is 0 Å². The number of carboxylic acids is 1. The van der Waals surface area contributed by atoms with Crippen LogP contribution in [0.3, 0.4) is 0 Å². The molecule has 2 rings (SSSR count). The zero-order valence-electron chi connectivity index (χ0n) is 11.0. The fourth-order valence-electron chi connectivity index (χ4n) is 2.28. The van der Waals surface area contributed by atoms with Gasteiger partial charge in [-0.15, -0.1) is 11.3 Å². The maximum atomic E-state index is 11.9. The first kappa shape index (κ1) is 14.1. The van der Waals surface area contributed by atoms with E-state index in [-0.39, 0.29) is 18.2 Å². The second kappa shape index (κ2) is 6.19. The minimum absolute atomic E-state index is 0.119. The maximum absolute atomic E-state index is 11.9. The Morgan fingerprint density at radius 1 is 1.47 bits per heavy atom. The number of carbonyl (C=O) groups excluding carboxylic acids is 1. The number of amides is 1. The Morgan fingerprint density at radius 3 is 2.89 bits per heavy atom. The van der Waals surface area contributed by atoms with Gasteiger partial charge in [0.15, 0.2) is 0 Å². The van der Waals surface area contributed by atoms with Crippen LogP contribution >= 0.6 is 11.3 Å². The molecule has 1 fully saturated rings. The van der Waals surface area contributed by atoms with Gasteiger partial charge in [0.05, 0.1) is 0 Å². The van der Waals surface area contributed by atoms with Gasteiger partial charge in [-0.2, -0.15) is 0 Å². The van der Waals surface area contributed by atoms with Crippen LogP contribution in [0, 0.1) is 12.8 Å². The van der Waals surface area contributed by atoms with E-state index >= 15 is 0 Å². The third-order valence-electron chi connectivity index (χ3n) is 3.48. The Hall–Kier alpha value is -1.36. The molecule has 2 N–H and O–H groups in total. The predicted molar refractivity (Wildman–Crippen MR) is 74.4 cm³/mol. The topological polar surface area (TPSA) is 66.4 Å². The molecular weight excluding hydrogens is 262 g/mol. The highest BCUT2D eigenvalue weighted by molar-refractivity contribution is 7.10. The molecule has 1 aromatic heterocycles. The molecule has 0 radical (unpaired) electrons. The van der Waals surface area contributed by atoms with Crippen LogP contribution in [0.15, 0.2) is 11.4 Å². The summed E-state index contributed by atoms with van der Waals surface area (Å²) in [5.41, 5.74) is 1.28. The summed E-state index contributed by atoms with van der Waals surface area (Å²) in [4.78, 5) is 23.6. The fraction of sp³-hybridized carbons (Fsp3) is 0.571. The van der Waals surface area contributed by atoms with Gasteiger partial charge in [0.1, 0.15) is 0 Å². The molecular formula is C14H19NO3S. The van der Waals surface area contributed by atoms with Crippen molar-refractivity contribution in [3.05, 3.63) is 21.9 Å². The standard InChI is InChI=1S/C14H19NO3S/c1-9-5-7-19-13(9)10-8-11(10)14(18)15-6-3-2-4-12(16)17/h5,7,10-11H,2-4,6,8H2,1H3,(H,15,18)(H,16,17)/t10-,11-/m1/s1. The molecule has 0 unspecified atom stereocenters. The van der Waals surface area contributed by atoms with Gasteiger partial charge in [0, 0.05) is 29.7 Å². The molecule has 4 nitrogen and oxygen atoms in total. The van der Waals surface area contributed by atoms with Gasteiger partial charge in [0.2, 0.25) is 5.91 Å². The Labute approximate surface area is 116 Å². The average Bonchev–Trinajstić information content (AvgIpc) is 3.04. The fourth-order valence-corrected chi connectivity index (χ4v) is 3.39. The van der Waals surface area contributed by atoms with Crippen LogP contribution in [0.2, 0.25) is 0 Å². The normalized spacial score (nSPS) is 21.1. The van der Waals surface area contributed by atoms with Crippen molar-refractivity contribution in [3.63, 3.8) is 0 Å². The van der Waals surface area contributed by atoms with E-state index in [4.69, 9.17) is 5.11 Å². The number of carboxylic acid groups (broad SMARTS) is 1. The molecule has 1 aromatic rings. The van der Waals surface area contributed by atoms with Gasteiger partial charge >= 0.3 is 5.97 Å². The monoisotopic (exact) mass is 281 g/mol. The van der Waals surface area contributed by atoms with E-state index < -0.39 is 5.97 Å². The summed E-state index contributed by atoms with van der Waals surface area (Å²) in [5.74, 6) is -0.134. The van der Waals surface area contributed by atoms with Crippen molar-refractivity contribution in [2.75, 3.05) is 6.54 Å². The molecule has 104 valence electrons. The highest BCUT2D eigenvalue weighted by Gasteiger charge is 2.44. The molecule has 0 bridgehead atoms. The summed E-state index contributed by atoms with van der Waals surface area (Å²) in [6.45, 7) is 2.67. The molecule has 19 heavy (non-hydrogen) atoms. The molecule has 1 heterocycles. The van der Waals surface area contributed by atoms with Gasteiger partial charge in [-0.25, -0.2) is 0 Å². The van der Waals surface area contributed by atoms with Crippen LogP contribution in [-0.4, -0.2) is 23.5 Å². The van der Waals surface area contributed by atoms with E-state index in [9.17, 15) is 9.59 Å². The van der Waals surface area contributed by atoms with Crippen LogP contribution < -0.4 is 5.32 Å². The van der Waals surface area contributed by atoms with Crippen molar-refractivity contribution in [1.82, 2.24) is 5.32 Å². The minimum atomic E-state index is -0.776. The minimum Gasteiger partial charge on any atom is -0.481 e. The molecule has 5 heteroatoms. The van der Waals surface area contributed by atoms with Crippen molar-refractivity contribution < 1.29 is 14.7 Å². The highest BCUT2D eigenvalue weighted by Crippen LogP contribution is 2.50. The number of aliphatic carboxylic acids is 1. The summed E-state index contributed by atoms with van der Waals surface area (Å²) in [6.07, 6.45) is 2.47. The largest absolute Gasteiger partial charge is 0.481 e. The molecule has 1 amide bonds. The van der Waals surface area contributed by atoms with Crippen LogP contribution in [0.25, 0.3) is 0 Å². The van der Waals surface area contributed by atoms with Gasteiger partial charge in [-0.05, 0) is 43.2 Å². The van der Waals surface area contributed by atoms with Gasteiger partial charge < -0.3 is 10.4 Å². The average molecular weight is 281 g/mol. The smallest absolute Gasteiger partial charge is 0.303 e. The Kier molecular flexibility index (Phi) is 4.58. The zero-order chi connectivity index (χ0) is 13.8. The number of unbranched alkanes of at least 4 members (excludes halogenated alkanes) is 1.